The maximum absolute atomic E-state index is 13.5. The van der Waals surface area contributed by atoms with Crippen LogP contribution in [0.1, 0.15) is 60.8 Å². The van der Waals surface area contributed by atoms with Crippen LogP contribution in [0.2, 0.25) is 0 Å². The Bertz CT molecular complexity index is 519. The number of allylic oxidation sites excluding steroid dienone is 1. The second-order valence-electron chi connectivity index (χ2n) is 8.64. The van der Waals surface area contributed by atoms with Crippen LogP contribution in [-0.4, -0.2) is 78.5 Å². The molecule has 0 aromatic carbocycles. The number of unbranched alkanes of at least 4 members (excludes halogenated alkanes) is 1. The van der Waals surface area contributed by atoms with Gasteiger partial charge in [0, 0.05) is 33.2 Å². The van der Waals surface area contributed by atoms with Crippen molar-refractivity contribution in [2.75, 3.05) is 39.8 Å². The number of nitrogens with two attached hydrogens (primary N) is 1. The van der Waals surface area contributed by atoms with E-state index in [0.29, 0.717) is 39.2 Å². The number of amides is 2. The molecule has 0 saturated carbocycles. The van der Waals surface area contributed by atoms with Gasteiger partial charge in [-0.1, -0.05) is 33.8 Å². The lowest BCUT2D eigenvalue weighted by atomic mass is 9.86. The molecule has 30 heavy (non-hydrogen) atoms. The number of carbonyl (C=O) groups is 2. The summed E-state index contributed by atoms with van der Waals surface area (Å²) >= 11 is 0. The third-order valence-corrected chi connectivity index (χ3v) is 5.06. The standard InChI is InChI=1S/C22H45N5O3/c1-9-13-14-15-26(11-3)20(28)18(10-2)27(12-4)21(29)19(22(5,6)7)24-30-17-16-25(8)23/h9,18-19,24H,1,10-17,23H2,2-8H3. The van der Waals surface area contributed by atoms with Gasteiger partial charge in [0.2, 0.25) is 11.8 Å². The van der Waals surface area contributed by atoms with Gasteiger partial charge in [0.1, 0.15) is 12.1 Å². The van der Waals surface area contributed by atoms with E-state index >= 15 is 0 Å². The zero-order valence-electron chi connectivity index (χ0n) is 20.2. The van der Waals surface area contributed by atoms with Crippen molar-refractivity contribution >= 4 is 11.8 Å². The van der Waals surface area contributed by atoms with E-state index in [1.54, 1.807) is 11.9 Å². The van der Waals surface area contributed by atoms with Crippen LogP contribution < -0.4 is 11.3 Å². The maximum atomic E-state index is 13.5. The van der Waals surface area contributed by atoms with E-state index in [9.17, 15) is 9.59 Å². The molecule has 8 nitrogen and oxygen atoms in total. The second-order valence-corrected chi connectivity index (χ2v) is 8.64. The van der Waals surface area contributed by atoms with E-state index < -0.39 is 17.5 Å². The molecule has 0 radical (unpaired) electrons. The van der Waals surface area contributed by atoms with E-state index in [0.717, 1.165) is 12.8 Å². The normalized spacial score (nSPS) is 13.8. The number of rotatable bonds is 15. The van der Waals surface area contributed by atoms with E-state index in [1.807, 2.05) is 52.5 Å². The van der Waals surface area contributed by atoms with Gasteiger partial charge < -0.3 is 9.80 Å². The van der Waals surface area contributed by atoms with Gasteiger partial charge in [-0.05, 0) is 38.5 Å². The van der Waals surface area contributed by atoms with Crippen LogP contribution in [-0.2, 0) is 14.4 Å². The fraction of sp³-hybridized carbons (Fsp3) is 0.818. The van der Waals surface area contributed by atoms with Crippen LogP contribution in [0.4, 0.5) is 0 Å². The van der Waals surface area contributed by atoms with E-state index in [4.69, 9.17) is 10.7 Å². The molecule has 0 bridgehead atoms. The summed E-state index contributed by atoms with van der Waals surface area (Å²) in [5, 5.41) is 1.52. The summed E-state index contributed by atoms with van der Waals surface area (Å²) in [6.45, 7) is 18.1. The molecule has 0 rings (SSSR count). The summed E-state index contributed by atoms with van der Waals surface area (Å²) in [4.78, 5) is 35.8. The predicted octanol–water partition coefficient (Wildman–Crippen LogP) is 2.17. The molecule has 0 heterocycles. The number of carbonyl (C=O) groups excluding carboxylic acids is 2. The Kier molecular flexibility index (Phi) is 13.8. The Hall–Kier alpha value is -1.48. The molecule has 3 N–H and O–H groups in total. The molecule has 0 aromatic heterocycles. The summed E-state index contributed by atoms with van der Waals surface area (Å²) in [6, 6.07) is -1.08. The van der Waals surface area contributed by atoms with Crippen molar-refractivity contribution in [3.8, 4) is 0 Å². The van der Waals surface area contributed by atoms with Crippen LogP contribution >= 0.6 is 0 Å². The third-order valence-electron chi connectivity index (χ3n) is 5.06. The fourth-order valence-electron chi connectivity index (χ4n) is 3.21. The highest BCUT2D eigenvalue weighted by Gasteiger charge is 2.39. The Balaban J connectivity index is 5.43. The molecule has 0 aromatic rings. The lowest BCUT2D eigenvalue weighted by Gasteiger charge is -2.38. The minimum atomic E-state index is -0.585. The Morgan fingerprint density at radius 3 is 2.20 bits per heavy atom. The van der Waals surface area contributed by atoms with Gasteiger partial charge in [-0.25, -0.2) is 5.01 Å². The number of hydroxylamine groups is 1. The summed E-state index contributed by atoms with van der Waals surface area (Å²) in [7, 11) is 1.75. The molecule has 2 atom stereocenters. The molecular weight excluding hydrogens is 382 g/mol. The smallest absolute Gasteiger partial charge is 0.245 e. The van der Waals surface area contributed by atoms with Crippen LogP contribution in [0.3, 0.4) is 0 Å². The first kappa shape index (κ1) is 28.5. The lowest BCUT2D eigenvalue weighted by molar-refractivity contribution is -0.152. The van der Waals surface area contributed by atoms with Crippen molar-refractivity contribution in [3.05, 3.63) is 12.7 Å². The number of hydrogen-bond donors (Lipinski definition) is 2. The van der Waals surface area contributed by atoms with Crippen molar-refractivity contribution in [2.24, 2.45) is 11.3 Å². The van der Waals surface area contributed by atoms with Crippen LogP contribution in [0.25, 0.3) is 0 Å². The highest BCUT2D eigenvalue weighted by atomic mass is 16.6. The summed E-state index contributed by atoms with van der Waals surface area (Å²) in [5.41, 5.74) is 2.53. The zero-order valence-corrected chi connectivity index (χ0v) is 20.2. The van der Waals surface area contributed by atoms with E-state index in [-0.39, 0.29) is 11.8 Å². The van der Waals surface area contributed by atoms with Crippen molar-refractivity contribution < 1.29 is 14.4 Å². The molecule has 0 aliphatic heterocycles. The molecule has 0 saturated heterocycles. The van der Waals surface area contributed by atoms with E-state index in [2.05, 4.69) is 12.1 Å². The SMILES string of the molecule is C=CCCCN(CC)C(=O)C(CC)N(CC)C(=O)C(NOCCN(C)N)C(C)(C)C. The molecule has 0 spiro atoms. The van der Waals surface area contributed by atoms with Gasteiger partial charge in [-0.2, -0.15) is 5.48 Å². The molecule has 0 fully saturated rings. The van der Waals surface area contributed by atoms with Crippen molar-refractivity contribution in [3.63, 3.8) is 0 Å². The monoisotopic (exact) mass is 427 g/mol. The molecule has 176 valence electrons. The lowest BCUT2D eigenvalue weighted by Crippen LogP contribution is -2.58. The Morgan fingerprint density at radius 1 is 1.13 bits per heavy atom. The molecule has 0 aliphatic rings. The Morgan fingerprint density at radius 2 is 1.77 bits per heavy atom. The minimum Gasteiger partial charge on any atom is -0.341 e. The molecular formula is C22H45N5O3. The average molecular weight is 428 g/mol. The highest BCUT2D eigenvalue weighted by Crippen LogP contribution is 2.23. The van der Waals surface area contributed by atoms with Gasteiger partial charge in [0.15, 0.2) is 0 Å². The summed E-state index contributed by atoms with van der Waals surface area (Å²) in [5.74, 6) is 5.47. The topological polar surface area (TPSA) is 91.1 Å². The highest BCUT2D eigenvalue weighted by molar-refractivity contribution is 5.90. The number of likely N-dealkylation sites (N-methyl/N-ethyl adjacent to an activating group) is 3. The van der Waals surface area contributed by atoms with Gasteiger partial charge in [-0.3, -0.25) is 20.3 Å². The third kappa shape index (κ3) is 9.55. The maximum Gasteiger partial charge on any atom is 0.245 e. The summed E-state index contributed by atoms with van der Waals surface area (Å²) in [6.07, 6.45) is 4.16. The first-order chi connectivity index (χ1) is 14.0. The minimum absolute atomic E-state index is 0.00223. The molecule has 0 aliphatic carbocycles. The summed E-state index contributed by atoms with van der Waals surface area (Å²) < 4.78 is 0. The van der Waals surface area contributed by atoms with Crippen LogP contribution in [0.15, 0.2) is 12.7 Å². The fourth-order valence-corrected chi connectivity index (χ4v) is 3.21. The van der Waals surface area contributed by atoms with Crippen LogP contribution in [0, 0.1) is 5.41 Å². The number of nitrogens with one attached hydrogen (secondary N) is 1. The molecule has 8 heteroatoms. The van der Waals surface area contributed by atoms with Gasteiger partial charge in [0.05, 0.1) is 6.61 Å². The largest absolute Gasteiger partial charge is 0.341 e. The first-order valence-corrected chi connectivity index (χ1v) is 11.1. The number of hydrogen-bond acceptors (Lipinski definition) is 6. The Labute approximate surface area is 183 Å². The first-order valence-electron chi connectivity index (χ1n) is 11.1. The van der Waals surface area contributed by atoms with Gasteiger partial charge in [0.25, 0.3) is 0 Å². The van der Waals surface area contributed by atoms with Crippen molar-refractivity contribution in [1.29, 1.82) is 0 Å². The van der Waals surface area contributed by atoms with Crippen molar-refractivity contribution in [2.45, 2.75) is 72.9 Å². The van der Waals surface area contributed by atoms with Gasteiger partial charge in [-0.15, -0.1) is 6.58 Å². The number of nitrogens with zero attached hydrogens (tertiary/aromatic N) is 3. The number of hydrazine groups is 1. The zero-order chi connectivity index (χ0) is 23.3. The van der Waals surface area contributed by atoms with Gasteiger partial charge >= 0.3 is 0 Å². The quantitative estimate of drug-likeness (QED) is 0.180. The second kappa shape index (κ2) is 14.5. The van der Waals surface area contributed by atoms with E-state index in [1.165, 1.54) is 5.01 Å². The molecule has 2 amide bonds. The average Bonchev–Trinajstić information content (AvgIpc) is 2.67. The van der Waals surface area contributed by atoms with Crippen LogP contribution in [0.5, 0.6) is 0 Å². The predicted molar refractivity (Wildman–Crippen MR) is 122 cm³/mol. The molecule has 2 unspecified atom stereocenters. The van der Waals surface area contributed by atoms with Crippen molar-refractivity contribution in [1.82, 2.24) is 20.3 Å².